The Hall–Kier alpha value is -1.56. The summed E-state index contributed by atoms with van der Waals surface area (Å²) in [5.74, 6) is 0. The van der Waals surface area contributed by atoms with Gasteiger partial charge in [0.05, 0.1) is 4.90 Å². The predicted octanol–water partition coefficient (Wildman–Crippen LogP) is 3.22. The first kappa shape index (κ1) is 15.8. The van der Waals surface area contributed by atoms with Gasteiger partial charge in [-0.25, -0.2) is 13.6 Å². The second-order valence-corrected chi connectivity index (χ2v) is 6.85. The molecular formula is C15H17ClN2O2S. The smallest absolute Gasteiger partial charge is 0.238 e. The largest absolute Gasteiger partial charge is 0.381 e. The van der Waals surface area contributed by atoms with Crippen LogP contribution in [0.3, 0.4) is 0 Å². The minimum absolute atomic E-state index is 0.134. The second-order valence-electron chi connectivity index (χ2n) is 4.91. The van der Waals surface area contributed by atoms with E-state index in [1.54, 1.807) is 13.0 Å². The fourth-order valence-corrected chi connectivity index (χ4v) is 3.07. The Morgan fingerprint density at radius 1 is 1.19 bits per heavy atom. The highest BCUT2D eigenvalue weighted by Crippen LogP contribution is 2.23. The summed E-state index contributed by atoms with van der Waals surface area (Å²) in [4.78, 5) is 0.134. The molecule has 0 saturated heterocycles. The zero-order valence-corrected chi connectivity index (χ0v) is 13.4. The number of anilines is 1. The lowest BCUT2D eigenvalue weighted by molar-refractivity contribution is 0.597. The third-order valence-electron chi connectivity index (χ3n) is 3.31. The van der Waals surface area contributed by atoms with Gasteiger partial charge in [-0.2, -0.15) is 0 Å². The van der Waals surface area contributed by atoms with Gasteiger partial charge in [0, 0.05) is 17.3 Å². The van der Waals surface area contributed by atoms with Gasteiger partial charge in [-0.15, -0.1) is 0 Å². The highest BCUT2D eigenvalue weighted by Gasteiger charge is 2.13. The molecule has 112 valence electrons. The van der Waals surface area contributed by atoms with Gasteiger partial charge in [-0.1, -0.05) is 29.8 Å². The summed E-state index contributed by atoms with van der Waals surface area (Å²) in [6, 6.07) is 10.8. The van der Waals surface area contributed by atoms with Crippen LogP contribution in [0.5, 0.6) is 0 Å². The number of sulfonamides is 1. The minimum Gasteiger partial charge on any atom is -0.381 e. The summed E-state index contributed by atoms with van der Waals surface area (Å²) in [6.45, 7) is 4.22. The first-order valence-electron chi connectivity index (χ1n) is 6.40. The molecule has 0 atom stereocenters. The molecule has 2 aromatic carbocycles. The number of hydrogen-bond acceptors (Lipinski definition) is 3. The summed E-state index contributed by atoms with van der Waals surface area (Å²) < 4.78 is 23.0. The fraction of sp³-hybridized carbons (Fsp3) is 0.200. The molecule has 0 aromatic heterocycles. The average Bonchev–Trinajstić information content (AvgIpc) is 2.40. The van der Waals surface area contributed by atoms with Crippen LogP contribution >= 0.6 is 11.6 Å². The van der Waals surface area contributed by atoms with Crippen LogP contribution in [0.4, 0.5) is 5.69 Å². The van der Waals surface area contributed by atoms with Crippen molar-refractivity contribution < 1.29 is 8.42 Å². The predicted molar refractivity (Wildman–Crippen MR) is 86.1 cm³/mol. The number of benzene rings is 2. The van der Waals surface area contributed by atoms with Crippen molar-refractivity contribution in [2.24, 2.45) is 5.14 Å². The highest BCUT2D eigenvalue weighted by molar-refractivity contribution is 7.89. The highest BCUT2D eigenvalue weighted by atomic mass is 35.5. The molecule has 2 rings (SSSR count). The second kappa shape index (κ2) is 6.05. The normalized spacial score (nSPS) is 11.4. The Labute approximate surface area is 130 Å². The summed E-state index contributed by atoms with van der Waals surface area (Å²) in [6.07, 6.45) is 0. The summed E-state index contributed by atoms with van der Waals surface area (Å²) in [5, 5.41) is 9.12. The van der Waals surface area contributed by atoms with Crippen LogP contribution in [0, 0.1) is 13.8 Å². The molecule has 0 heterocycles. The summed E-state index contributed by atoms with van der Waals surface area (Å²) in [5.41, 5.74) is 3.38. The van der Waals surface area contributed by atoms with E-state index in [2.05, 4.69) is 5.32 Å². The maximum Gasteiger partial charge on any atom is 0.238 e. The number of nitrogens with two attached hydrogens (primary N) is 1. The molecule has 3 N–H and O–H groups in total. The van der Waals surface area contributed by atoms with Crippen molar-refractivity contribution in [1.29, 1.82) is 0 Å². The Morgan fingerprint density at radius 3 is 2.52 bits per heavy atom. The first-order valence-corrected chi connectivity index (χ1v) is 8.33. The van der Waals surface area contributed by atoms with Crippen molar-refractivity contribution in [2.75, 3.05) is 5.32 Å². The third kappa shape index (κ3) is 3.75. The zero-order chi connectivity index (χ0) is 15.6. The number of nitrogens with one attached hydrogen (secondary N) is 1. The maximum absolute atomic E-state index is 11.5. The van der Waals surface area contributed by atoms with E-state index in [0.29, 0.717) is 17.1 Å². The maximum atomic E-state index is 11.5. The van der Waals surface area contributed by atoms with E-state index in [-0.39, 0.29) is 4.90 Å². The van der Waals surface area contributed by atoms with Crippen LogP contribution in [0.2, 0.25) is 5.02 Å². The van der Waals surface area contributed by atoms with E-state index in [1.165, 1.54) is 6.07 Å². The molecule has 0 unspecified atom stereocenters. The molecular weight excluding hydrogens is 308 g/mol. The number of rotatable bonds is 4. The first-order chi connectivity index (χ1) is 9.79. The van der Waals surface area contributed by atoms with Crippen molar-refractivity contribution in [3.63, 3.8) is 0 Å². The molecule has 4 nitrogen and oxygen atoms in total. The molecule has 0 spiro atoms. The van der Waals surface area contributed by atoms with Gasteiger partial charge >= 0.3 is 0 Å². The number of aryl methyl sites for hydroxylation is 1. The number of hydrogen-bond donors (Lipinski definition) is 2. The Morgan fingerprint density at radius 2 is 1.90 bits per heavy atom. The van der Waals surface area contributed by atoms with Crippen molar-refractivity contribution in [1.82, 2.24) is 0 Å². The monoisotopic (exact) mass is 324 g/mol. The van der Waals surface area contributed by atoms with Crippen LogP contribution in [0.15, 0.2) is 41.3 Å². The van der Waals surface area contributed by atoms with Crippen molar-refractivity contribution >= 4 is 27.3 Å². The molecule has 0 saturated carbocycles. The van der Waals surface area contributed by atoms with Gasteiger partial charge in [0.15, 0.2) is 0 Å². The number of primary sulfonamides is 1. The SMILES string of the molecule is Cc1ccc(CNc2cccc(S(N)(=O)=O)c2C)cc1Cl. The van der Waals surface area contributed by atoms with E-state index < -0.39 is 10.0 Å². The van der Waals surface area contributed by atoms with Crippen molar-refractivity contribution in [2.45, 2.75) is 25.3 Å². The number of halogens is 1. The fourth-order valence-electron chi connectivity index (χ4n) is 2.06. The van der Waals surface area contributed by atoms with Crippen LogP contribution in [0.1, 0.15) is 16.7 Å². The molecule has 6 heteroatoms. The molecule has 0 radical (unpaired) electrons. The standard InChI is InChI=1S/C15H17ClN2O2S/c1-10-6-7-12(8-13(10)16)9-18-14-4-3-5-15(11(14)2)21(17,19)20/h3-8,18H,9H2,1-2H3,(H2,17,19,20). The lowest BCUT2D eigenvalue weighted by atomic mass is 10.1. The van der Waals surface area contributed by atoms with Gasteiger partial charge in [0.1, 0.15) is 0 Å². The molecule has 0 aliphatic carbocycles. The third-order valence-corrected chi connectivity index (χ3v) is 4.77. The van der Waals surface area contributed by atoms with E-state index in [0.717, 1.165) is 16.8 Å². The van der Waals surface area contributed by atoms with Crippen LogP contribution in [-0.2, 0) is 16.6 Å². The Bertz CT molecular complexity index is 773. The average molecular weight is 325 g/mol. The van der Waals surface area contributed by atoms with Crippen molar-refractivity contribution in [3.8, 4) is 0 Å². The van der Waals surface area contributed by atoms with Gasteiger partial charge < -0.3 is 5.32 Å². The van der Waals surface area contributed by atoms with Gasteiger partial charge in [-0.3, -0.25) is 0 Å². The van der Waals surface area contributed by atoms with Gasteiger partial charge in [-0.05, 0) is 48.7 Å². The molecule has 0 amide bonds. The Kier molecular flexibility index (Phi) is 4.56. The lowest BCUT2D eigenvalue weighted by Gasteiger charge is -2.12. The zero-order valence-electron chi connectivity index (χ0n) is 11.9. The molecule has 0 bridgehead atoms. The van der Waals surface area contributed by atoms with Crippen LogP contribution in [-0.4, -0.2) is 8.42 Å². The minimum atomic E-state index is -3.71. The van der Waals surface area contributed by atoms with Crippen molar-refractivity contribution in [3.05, 3.63) is 58.1 Å². The Balaban J connectivity index is 2.23. The van der Waals surface area contributed by atoms with Gasteiger partial charge in [0.25, 0.3) is 0 Å². The molecule has 0 aliphatic heterocycles. The van der Waals surface area contributed by atoms with Crippen LogP contribution < -0.4 is 10.5 Å². The van der Waals surface area contributed by atoms with Crippen LogP contribution in [0.25, 0.3) is 0 Å². The molecule has 0 aliphatic rings. The lowest BCUT2D eigenvalue weighted by Crippen LogP contribution is -2.14. The van der Waals surface area contributed by atoms with Gasteiger partial charge in [0.2, 0.25) is 10.0 Å². The topological polar surface area (TPSA) is 72.2 Å². The summed E-state index contributed by atoms with van der Waals surface area (Å²) >= 11 is 6.09. The molecule has 0 fully saturated rings. The van der Waals surface area contributed by atoms with E-state index in [9.17, 15) is 8.42 Å². The quantitative estimate of drug-likeness (QED) is 0.907. The van der Waals surface area contributed by atoms with E-state index in [4.69, 9.17) is 16.7 Å². The molecule has 21 heavy (non-hydrogen) atoms. The van der Waals surface area contributed by atoms with E-state index >= 15 is 0 Å². The summed E-state index contributed by atoms with van der Waals surface area (Å²) in [7, 11) is -3.71. The van der Waals surface area contributed by atoms with E-state index in [1.807, 2.05) is 31.2 Å². The molecule has 2 aromatic rings.